The van der Waals surface area contributed by atoms with Gasteiger partial charge >= 0.3 is 5.51 Å². The molecule has 0 amide bonds. The molecule has 0 aromatic rings. The number of carbonyl (C=O) groups is 1. The number of fused-ring (bicyclic) bond motifs is 2. The third-order valence-electron chi connectivity index (χ3n) is 5.07. The van der Waals surface area contributed by atoms with Crippen LogP contribution >= 0.6 is 0 Å². The fourth-order valence-electron chi connectivity index (χ4n) is 3.64. The minimum Gasteiger partial charge on any atom is -0.428 e. The van der Waals surface area contributed by atoms with Crippen LogP contribution in [0.3, 0.4) is 0 Å². The van der Waals surface area contributed by atoms with E-state index in [0.717, 1.165) is 0 Å². The molecule has 6 nitrogen and oxygen atoms in total. The molecule has 0 aliphatic heterocycles. The first-order chi connectivity index (χ1) is 9.65. The van der Waals surface area contributed by atoms with Crippen molar-refractivity contribution in [1.82, 2.24) is 0 Å². The van der Waals surface area contributed by atoms with Crippen LogP contribution in [0.25, 0.3) is 4.13 Å². The molecule has 2 aliphatic carbocycles. The Morgan fingerprint density at radius 3 is 2.14 bits per heavy atom. The molecular formula is C11H15F3NO5S2-. The summed E-state index contributed by atoms with van der Waals surface area (Å²) in [7, 11) is -11.1. The maximum absolute atomic E-state index is 12.3. The van der Waals surface area contributed by atoms with Gasteiger partial charge < -0.3 is 4.13 Å². The van der Waals surface area contributed by atoms with Crippen LogP contribution in [-0.2, 0) is 24.8 Å². The first kappa shape index (κ1) is 17.7. The Morgan fingerprint density at radius 2 is 1.77 bits per heavy atom. The Balaban J connectivity index is 2.32. The van der Waals surface area contributed by atoms with Crippen LogP contribution < -0.4 is 0 Å². The van der Waals surface area contributed by atoms with Crippen molar-refractivity contribution in [1.29, 1.82) is 0 Å². The van der Waals surface area contributed by atoms with Gasteiger partial charge in [0.25, 0.3) is 0 Å². The summed E-state index contributed by atoms with van der Waals surface area (Å²) in [6.07, 6.45) is 0.957. The van der Waals surface area contributed by atoms with Crippen LogP contribution in [0, 0.1) is 16.7 Å². The van der Waals surface area contributed by atoms with Gasteiger partial charge in [0.2, 0.25) is 0 Å². The van der Waals surface area contributed by atoms with E-state index in [1.807, 2.05) is 0 Å². The number of ketones is 1. The third-order valence-corrected chi connectivity index (χ3v) is 8.21. The topological polar surface area (TPSA) is 99.4 Å². The van der Waals surface area contributed by atoms with Crippen LogP contribution in [0.2, 0.25) is 0 Å². The number of carbonyl (C=O) groups excluding carboxylic acids is 1. The van der Waals surface area contributed by atoms with E-state index < -0.39 is 42.1 Å². The Hall–Kier alpha value is -0.680. The molecule has 2 saturated carbocycles. The average Bonchev–Trinajstić information content (AvgIpc) is 2.58. The standard InChI is InChI=1S/C11H15F3NO5S2/c1-9(2)7-3-4-10(9,8(16)5-7)6-21(17,18)15-22(19,20)11(12,13)14/h7H,3-6H2,1-2H3/q-1. The average molecular weight is 362 g/mol. The largest absolute Gasteiger partial charge is 0.480 e. The van der Waals surface area contributed by atoms with E-state index >= 15 is 0 Å². The highest BCUT2D eigenvalue weighted by molar-refractivity contribution is 8.12. The zero-order valence-electron chi connectivity index (χ0n) is 11.8. The van der Waals surface area contributed by atoms with Gasteiger partial charge in [0.05, 0.1) is 10.0 Å². The first-order valence-corrected chi connectivity index (χ1v) is 9.51. The third kappa shape index (κ3) is 2.46. The maximum atomic E-state index is 12.3. The molecule has 0 heterocycles. The van der Waals surface area contributed by atoms with Crippen LogP contribution in [0.5, 0.6) is 0 Å². The SMILES string of the molecule is CC1(C)C2CCC1(CS(=O)(=O)[N-]S(=O)(=O)C(F)(F)F)C(=O)C2. The molecule has 2 aliphatic rings. The van der Waals surface area contributed by atoms with Gasteiger partial charge in [0.15, 0.2) is 10.0 Å². The summed E-state index contributed by atoms with van der Waals surface area (Å²) in [5.74, 6) is -1.40. The zero-order chi connectivity index (χ0) is 17.2. The monoisotopic (exact) mass is 362 g/mol. The summed E-state index contributed by atoms with van der Waals surface area (Å²) in [4.78, 5) is 12.1. The highest BCUT2D eigenvalue weighted by atomic mass is 32.3. The predicted octanol–water partition coefficient (Wildman–Crippen LogP) is 1.93. The molecule has 2 unspecified atom stereocenters. The van der Waals surface area contributed by atoms with E-state index in [1.54, 1.807) is 13.8 Å². The molecule has 128 valence electrons. The number of rotatable bonds is 4. The van der Waals surface area contributed by atoms with E-state index in [-0.39, 0.29) is 24.5 Å². The molecule has 0 spiro atoms. The van der Waals surface area contributed by atoms with Gasteiger partial charge in [0.1, 0.15) is 5.78 Å². The lowest BCUT2D eigenvalue weighted by Crippen LogP contribution is -2.42. The van der Waals surface area contributed by atoms with Gasteiger partial charge in [-0.1, -0.05) is 13.8 Å². The molecule has 11 heteroatoms. The van der Waals surface area contributed by atoms with Crippen molar-refractivity contribution in [2.75, 3.05) is 5.75 Å². The molecule has 0 N–H and O–H groups in total. The van der Waals surface area contributed by atoms with Gasteiger partial charge in [-0.05, 0) is 24.2 Å². The quantitative estimate of drug-likeness (QED) is 0.761. The second kappa shape index (κ2) is 4.67. The molecular weight excluding hydrogens is 347 g/mol. The zero-order valence-corrected chi connectivity index (χ0v) is 13.5. The van der Waals surface area contributed by atoms with Crippen molar-refractivity contribution in [3.8, 4) is 0 Å². The molecule has 2 fully saturated rings. The lowest BCUT2D eigenvalue weighted by atomic mass is 9.70. The molecule has 0 radical (unpaired) electrons. The summed E-state index contributed by atoms with van der Waals surface area (Å²) in [6, 6.07) is 0. The lowest BCUT2D eigenvalue weighted by Gasteiger charge is -2.38. The van der Waals surface area contributed by atoms with Crippen molar-refractivity contribution >= 4 is 25.8 Å². The molecule has 2 rings (SSSR count). The summed E-state index contributed by atoms with van der Waals surface area (Å²) in [5.41, 5.74) is -7.86. The molecule has 0 aromatic heterocycles. The Kier molecular flexibility index (Phi) is 3.75. The minimum atomic E-state index is -6.15. The lowest BCUT2D eigenvalue weighted by molar-refractivity contribution is -0.128. The van der Waals surface area contributed by atoms with Crippen molar-refractivity contribution in [3.05, 3.63) is 4.13 Å². The minimum absolute atomic E-state index is 0.0468. The number of halogens is 3. The van der Waals surface area contributed by atoms with Gasteiger partial charge in [0, 0.05) is 17.6 Å². The molecule has 0 saturated heterocycles. The van der Waals surface area contributed by atoms with Gasteiger partial charge in [-0.25, -0.2) is 16.8 Å². The Labute approximate surface area is 126 Å². The normalized spacial score (nSPS) is 31.7. The number of Topliss-reactive ketones (excluding diaryl/α,β-unsaturated/α-hetero) is 1. The molecule has 0 aromatic carbocycles. The smallest absolute Gasteiger partial charge is 0.428 e. The predicted molar refractivity (Wildman–Crippen MR) is 70.7 cm³/mol. The Bertz CT molecular complexity index is 710. The summed E-state index contributed by atoms with van der Waals surface area (Å²) in [5, 5.41) is 0. The fourth-order valence-corrected chi connectivity index (χ4v) is 6.68. The molecule has 2 atom stereocenters. The van der Waals surface area contributed by atoms with Crippen LogP contribution in [0.4, 0.5) is 13.2 Å². The summed E-state index contributed by atoms with van der Waals surface area (Å²) >= 11 is 0. The number of alkyl halides is 3. The van der Waals surface area contributed by atoms with Crippen LogP contribution in [0.15, 0.2) is 0 Å². The van der Waals surface area contributed by atoms with Crippen LogP contribution in [-0.4, -0.2) is 33.9 Å². The number of sulfonamides is 2. The number of nitrogens with zero attached hydrogens (tertiary/aromatic N) is 1. The second-order valence-electron chi connectivity index (χ2n) is 6.39. The van der Waals surface area contributed by atoms with Crippen molar-refractivity contribution < 1.29 is 34.8 Å². The van der Waals surface area contributed by atoms with E-state index in [0.29, 0.717) is 6.42 Å². The van der Waals surface area contributed by atoms with Crippen molar-refractivity contribution in [3.63, 3.8) is 0 Å². The van der Waals surface area contributed by atoms with Crippen molar-refractivity contribution in [2.45, 2.75) is 38.6 Å². The van der Waals surface area contributed by atoms with Crippen molar-refractivity contribution in [2.24, 2.45) is 16.7 Å². The van der Waals surface area contributed by atoms with E-state index in [2.05, 4.69) is 4.13 Å². The van der Waals surface area contributed by atoms with Crippen LogP contribution in [0.1, 0.15) is 33.1 Å². The molecule has 22 heavy (non-hydrogen) atoms. The van der Waals surface area contributed by atoms with E-state index in [1.165, 1.54) is 0 Å². The fraction of sp³-hybridized carbons (Fsp3) is 0.909. The van der Waals surface area contributed by atoms with E-state index in [9.17, 15) is 34.8 Å². The van der Waals surface area contributed by atoms with Gasteiger partial charge in [-0.2, -0.15) is 13.2 Å². The highest BCUT2D eigenvalue weighted by Gasteiger charge is 2.64. The number of hydrogen-bond acceptors (Lipinski definition) is 5. The van der Waals surface area contributed by atoms with Gasteiger partial charge in [-0.15, -0.1) is 0 Å². The Morgan fingerprint density at radius 1 is 1.23 bits per heavy atom. The van der Waals surface area contributed by atoms with Gasteiger partial charge in [-0.3, -0.25) is 4.79 Å². The number of hydrogen-bond donors (Lipinski definition) is 0. The summed E-state index contributed by atoms with van der Waals surface area (Å²) in [6.45, 7) is 3.37. The maximum Gasteiger partial charge on any atom is 0.480 e. The molecule has 2 bridgehead atoms. The second-order valence-corrected chi connectivity index (χ2v) is 9.85. The summed E-state index contributed by atoms with van der Waals surface area (Å²) < 4.78 is 84.5. The van der Waals surface area contributed by atoms with E-state index in [4.69, 9.17) is 0 Å². The highest BCUT2D eigenvalue weighted by Crippen LogP contribution is 2.64. The first-order valence-electron chi connectivity index (χ1n) is 6.46.